The molecule has 0 spiro atoms. The SMILES string of the molecule is CC(CN(C)C)N/C=C/C(=O)O. The van der Waals surface area contributed by atoms with E-state index in [1.807, 2.05) is 25.9 Å². The number of nitrogens with one attached hydrogen (secondary N) is 1. The number of rotatable bonds is 5. The molecule has 0 aliphatic heterocycles. The van der Waals surface area contributed by atoms with E-state index in [0.29, 0.717) is 0 Å². The highest BCUT2D eigenvalue weighted by Gasteiger charge is 1.98. The molecule has 0 aromatic rings. The second-order valence-corrected chi connectivity index (χ2v) is 3.00. The van der Waals surface area contributed by atoms with Gasteiger partial charge in [0.2, 0.25) is 0 Å². The van der Waals surface area contributed by atoms with Gasteiger partial charge in [-0.2, -0.15) is 0 Å². The fraction of sp³-hybridized carbons (Fsp3) is 0.625. The highest BCUT2D eigenvalue weighted by molar-refractivity contribution is 5.79. The summed E-state index contributed by atoms with van der Waals surface area (Å²) in [6.45, 7) is 2.87. The molecule has 70 valence electrons. The first-order chi connectivity index (χ1) is 5.52. The summed E-state index contributed by atoms with van der Waals surface area (Å²) in [7, 11) is 3.94. The average Bonchev–Trinajstić information content (AvgIpc) is 1.84. The summed E-state index contributed by atoms with van der Waals surface area (Å²) >= 11 is 0. The quantitative estimate of drug-likeness (QED) is 0.578. The molecule has 2 N–H and O–H groups in total. The van der Waals surface area contributed by atoms with E-state index in [9.17, 15) is 4.79 Å². The molecule has 4 nitrogen and oxygen atoms in total. The Labute approximate surface area is 72.9 Å². The van der Waals surface area contributed by atoms with E-state index in [-0.39, 0.29) is 6.04 Å². The Morgan fingerprint density at radius 3 is 2.67 bits per heavy atom. The van der Waals surface area contributed by atoms with Gasteiger partial charge in [0.05, 0.1) is 0 Å². The van der Waals surface area contributed by atoms with Crippen LogP contribution in [0.4, 0.5) is 0 Å². The van der Waals surface area contributed by atoms with Crippen molar-refractivity contribution in [3.63, 3.8) is 0 Å². The van der Waals surface area contributed by atoms with Crippen molar-refractivity contribution in [2.45, 2.75) is 13.0 Å². The fourth-order valence-corrected chi connectivity index (χ4v) is 0.884. The van der Waals surface area contributed by atoms with Crippen LogP contribution in [0.2, 0.25) is 0 Å². The molecule has 0 fully saturated rings. The number of likely N-dealkylation sites (N-methyl/N-ethyl adjacent to an activating group) is 1. The van der Waals surface area contributed by atoms with Gasteiger partial charge in [-0.3, -0.25) is 0 Å². The van der Waals surface area contributed by atoms with Crippen LogP contribution < -0.4 is 5.32 Å². The Balaban J connectivity index is 3.56. The van der Waals surface area contributed by atoms with Crippen LogP contribution in [0.5, 0.6) is 0 Å². The summed E-state index contributed by atoms with van der Waals surface area (Å²) in [6, 6.07) is 0.260. The molecule has 0 aliphatic rings. The van der Waals surface area contributed by atoms with E-state index in [4.69, 9.17) is 5.11 Å². The maximum atomic E-state index is 10.1. The van der Waals surface area contributed by atoms with Crippen molar-refractivity contribution in [1.82, 2.24) is 10.2 Å². The maximum absolute atomic E-state index is 10.1. The van der Waals surface area contributed by atoms with Crippen LogP contribution in [-0.2, 0) is 4.79 Å². The van der Waals surface area contributed by atoms with E-state index < -0.39 is 5.97 Å². The molecule has 0 rings (SSSR count). The predicted octanol–water partition coefficient (Wildman–Crippen LogP) is 0.124. The third kappa shape index (κ3) is 7.08. The summed E-state index contributed by atoms with van der Waals surface area (Å²) < 4.78 is 0. The van der Waals surface area contributed by atoms with Gasteiger partial charge in [-0.25, -0.2) is 4.79 Å². The molecule has 0 aliphatic carbocycles. The molecule has 0 heterocycles. The zero-order valence-electron chi connectivity index (χ0n) is 7.74. The smallest absolute Gasteiger partial charge is 0.329 e. The number of hydrogen-bond acceptors (Lipinski definition) is 3. The lowest BCUT2D eigenvalue weighted by molar-refractivity contribution is -0.131. The van der Waals surface area contributed by atoms with Crippen molar-refractivity contribution in [2.75, 3.05) is 20.6 Å². The van der Waals surface area contributed by atoms with E-state index in [1.165, 1.54) is 6.20 Å². The van der Waals surface area contributed by atoms with Crippen LogP contribution in [0.1, 0.15) is 6.92 Å². The van der Waals surface area contributed by atoms with Crippen LogP contribution in [0.3, 0.4) is 0 Å². The number of nitrogens with zero attached hydrogens (tertiary/aromatic N) is 1. The van der Waals surface area contributed by atoms with Gasteiger partial charge in [-0.1, -0.05) is 0 Å². The van der Waals surface area contributed by atoms with Gasteiger partial charge in [0.1, 0.15) is 0 Å². The van der Waals surface area contributed by atoms with Crippen molar-refractivity contribution in [1.29, 1.82) is 0 Å². The Morgan fingerprint density at radius 2 is 2.25 bits per heavy atom. The Bertz CT molecular complexity index is 166. The lowest BCUT2D eigenvalue weighted by Gasteiger charge is -2.16. The van der Waals surface area contributed by atoms with Crippen molar-refractivity contribution >= 4 is 5.97 Å². The molecular formula is C8H16N2O2. The Morgan fingerprint density at radius 1 is 1.67 bits per heavy atom. The number of carboxylic acids is 1. The zero-order chi connectivity index (χ0) is 9.56. The van der Waals surface area contributed by atoms with Gasteiger partial charge < -0.3 is 15.3 Å². The van der Waals surface area contributed by atoms with Gasteiger partial charge in [0, 0.05) is 24.9 Å². The standard InChI is InChI=1S/C8H16N2O2/c1-7(6-10(2)3)9-5-4-8(11)12/h4-5,7,9H,6H2,1-3H3,(H,11,12)/b5-4+. The zero-order valence-corrected chi connectivity index (χ0v) is 7.74. The number of aliphatic carboxylic acids is 1. The van der Waals surface area contributed by atoms with Crippen LogP contribution in [0.15, 0.2) is 12.3 Å². The minimum absolute atomic E-state index is 0.260. The first-order valence-corrected chi connectivity index (χ1v) is 3.82. The van der Waals surface area contributed by atoms with Gasteiger partial charge in [-0.05, 0) is 21.0 Å². The third-order valence-electron chi connectivity index (χ3n) is 1.25. The molecule has 1 unspecified atom stereocenters. The maximum Gasteiger partial charge on any atom is 0.329 e. The van der Waals surface area contributed by atoms with Crippen LogP contribution in [0, 0.1) is 0 Å². The molecular weight excluding hydrogens is 156 g/mol. The lowest BCUT2D eigenvalue weighted by atomic mass is 10.3. The predicted molar refractivity (Wildman–Crippen MR) is 47.9 cm³/mol. The Kier molecular flexibility index (Phi) is 5.12. The van der Waals surface area contributed by atoms with Crippen molar-refractivity contribution in [2.24, 2.45) is 0 Å². The molecule has 0 bridgehead atoms. The first kappa shape index (κ1) is 11.0. The Hall–Kier alpha value is -1.03. The molecule has 0 aromatic carbocycles. The van der Waals surface area contributed by atoms with E-state index in [1.54, 1.807) is 0 Å². The fourth-order valence-electron chi connectivity index (χ4n) is 0.884. The summed E-state index contributed by atoms with van der Waals surface area (Å²) in [6.07, 6.45) is 2.54. The summed E-state index contributed by atoms with van der Waals surface area (Å²) in [5.74, 6) is -0.931. The number of carbonyl (C=O) groups is 1. The highest BCUT2D eigenvalue weighted by atomic mass is 16.4. The van der Waals surface area contributed by atoms with E-state index in [2.05, 4.69) is 5.32 Å². The van der Waals surface area contributed by atoms with E-state index in [0.717, 1.165) is 12.6 Å². The van der Waals surface area contributed by atoms with Gasteiger partial charge in [-0.15, -0.1) is 0 Å². The molecule has 0 saturated heterocycles. The van der Waals surface area contributed by atoms with Gasteiger partial charge in [0.25, 0.3) is 0 Å². The minimum Gasteiger partial charge on any atom is -0.478 e. The van der Waals surface area contributed by atoms with Crippen molar-refractivity contribution in [3.05, 3.63) is 12.3 Å². The first-order valence-electron chi connectivity index (χ1n) is 3.82. The average molecular weight is 172 g/mol. The minimum atomic E-state index is -0.931. The van der Waals surface area contributed by atoms with Crippen molar-refractivity contribution < 1.29 is 9.90 Å². The van der Waals surface area contributed by atoms with Crippen LogP contribution in [0.25, 0.3) is 0 Å². The number of hydrogen-bond donors (Lipinski definition) is 2. The van der Waals surface area contributed by atoms with Crippen LogP contribution >= 0.6 is 0 Å². The monoisotopic (exact) mass is 172 g/mol. The lowest BCUT2D eigenvalue weighted by Crippen LogP contribution is -2.32. The second kappa shape index (κ2) is 5.60. The van der Waals surface area contributed by atoms with Gasteiger partial charge >= 0.3 is 5.97 Å². The summed E-state index contributed by atoms with van der Waals surface area (Å²) in [4.78, 5) is 12.1. The molecule has 0 amide bonds. The van der Waals surface area contributed by atoms with Crippen molar-refractivity contribution in [3.8, 4) is 0 Å². The largest absolute Gasteiger partial charge is 0.478 e. The molecule has 1 atom stereocenters. The second-order valence-electron chi connectivity index (χ2n) is 3.00. The molecule has 12 heavy (non-hydrogen) atoms. The molecule has 0 saturated carbocycles. The normalized spacial score (nSPS) is 13.7. The number of carboxylic acid groups (broad SMARTS) is 1. The van der Waals surface area contributed by atoms with Crippen LogP contribution in [-0.4, -0.2) is 42.7 Å². The molecule has 0 aromatic heterocycles. The third-order valence-corrected chi connectivity index (χ3v) is 1.25. The van der Waals surface area contributed by atoms with E-state index >= 15 is 0 Å². The summed E-state index contributed by atoms with van der Waals surface area (Å²) in [5.41, 5.74) is 0. The molecule has 4 heteroatoms. The topological polar surface area (TPSA) is 52.6 Å². The molecule has 0 radical (unpaired) electrons. The highest BCUT2D eigenvalue weighted by Crippen LogP contribution is 1.84. The summed E-state index contributed by atoms with van der Waals surface area (Å²) in [5, 5.41) is 11.2. The van der Waals surface area contributed by atoms with Gasteiger partial charge in [0.15, 0.2) is 0 Å².